The fourth-order valence-electron chi connectivity index (χ4n) is 1.59. The molecule has 0 aromatic heterocycles. The average molecular weight is 278 g/mol. The highest BCUT2D eigenvalue weighted by atomic mass is 19.3. The molecular formula is C13H14F4O2. The number of rotatable bonds is 4. The van der Waals surface area contributed by atoms with Gasteiger partial charge < -0.3 is 4.74 Å². The molecule has 0 spiro atoms. The van der Waals surface area contributed by atoms with Gasteiger partial charge >= 0.3 is 17.8 Å². The number of hydrogen-bond donors (Lipinski definition) is 0. The largest absolute Gasteiger partial charge is 0.461 e. The third kappa shape index (κ3) is 2.72. The van der Waals surface area contributed by atoms with Crippen LogP contribution in [0.3, 0.4) is 0 Å². The number of esters is 1. The molecule has 0 aliphatic rings. The van der Waals surface area contributed by atoms with Gasteiger partial charge in [0.15, 0.2) is 0 Å². The Morgan fingerprint density at radius 1 is 1.21 bits per heavy atom. The van der Waals surface area contributed by atoms with Crippen LogP contribution in [0, 0.1) is 13.8 Å². The summed E-state index contributed by atoms with van der Waals surface area (Å²) < 4.78 is 58.9. The summed E-state index contributed by atoms with van der Waals surface area (Å²) in [4.78, 5) is 11.0. The Balaban J connectivity index is 3.29. The molecule has 1 aromatic rings. The van der Waals surface area contributed by atoms with Gasteiger partial charge in [0.2, 0.25) is 0 Å². The van der Waals surface area contributed by atoms with Crippen molar-refractivity contribution in [3.63, 3.8) is 0 Å². The quantitative estimate of drug-likeness (QED) is 0.621. The lowest BCUT2D eigenvalue weighted by Crippen LogP contribution is -2.46. The molecule has 0 radical (unpaired) electrons. The molecule has 0 heterocycles. The van der Waals surface area contributed by atoms with E-state index in [0.29, 0.717) is 5.56 Å². The molecule has 0 bridgehead atoms. The van der Waals surface area contributed by atoms with Crippen LogP contribution in [0.2, 0.25) is 0 Å². The maximum atomic E-state index is 13.9. The van der Waals surface area contributed by atoms with Gasteiger partial charge in [0, 0.05) is 5.56 Å². The lowest BCUT2D eigenvalue weighted by molar-refractivity contribution is -0.233. The molecule has 1 aromatic carbocycles. The van der Waals surface area contributed by atoms with Crippen molar-refractivity contribution >= 4 is 5.97 Å². The molecule has 0 atom stereocenters. The average Bonchev–Trinajstić information content (AvgIpc) is 2.32. The van der Waals surface area contributed by atoms with Crippen LogP contribution in [-0.4, -0.2) is 18.5 Å². The number of benzene rings is 1. The van der Waals surface area contributed by atoms with E-state index >= 15 is 0 Å². The highest BCUT2D eigenvalue weighted by Gasteiger charge is 2.64. The number of aryl methyl sites for hydroxylation is 2. The molecule has 0 unspecified atom stereocenters. The van der Waals surface area contributed by atoms with Gasteiger partial charge in [-0.1, -0.05) is 17.7 Å². The van der Waals surface area contributed by atoms with Gasteiger partial charge in [-0.25, -0.2) is 4.79 Å². The third-order valence-electron chi connectivity index (χ3n) is 2.66. The van der Waals surface area contributed by atoms with Crippen molar-refractivity contribution < 1.29 is 27.1 Å². The summed E-state index contributed by atoms with van der Waals surface area (Å²) in [6.07, 6.45) is 0. The van der Waals surface area contributed by atoms with Gasteiger partial charge in [0.1, 0.15) is 0 Å². The first kappa shape index (κ1) is 15.5. The van der Waals surface area contributed by atoms with Gasteiger partial charge in [-0.3, -0.25) is 0 Å². The highest BCUT2D eigenvalue weighted by Crippen LogP contribution is 2.45. The normalized spacial score (nSPS) is 12.4. The topological polar surface area (TPSA) is 26.3 Å². The number of ether oxygens (including phenoxy) is 1. The Labute approximate surface area is 108 Å². The van der Waals surface area contributed by atoms with E-state index < -0.39 is 30.0 Å². The van der Waals surface area contributed by atoms with Crippen molar-refractivity contribution in [3.05, 3.63) is 34.9 Å². The van der Waals surface area contributed by atoms with Gasteiger partial charge in [0.05, 0.1) is 6.61 Å². The number of carbonyl (C=O) groups excluding carboxylic acids is 1. The second-order valence-electron chi connectivity index (χ2n) is 4.19. The third-order valence-corrected chi connectivity index (χ3v) is 2.66. The molecule has 0 N–H and O–H groups in total. The first-order valence-electron chi connectivity index (χ1n) is 5.65. The van der Waals surface area contributed by atoms with Crippen LogP contribution < -0.4 is 0 Å². The van der Waals surface area contributed by atoms with Gasteiger partial charge in [-0.15, -0.1) is 0 Å². The molecule has 0 saturated heterocycles. The van der Waals surface area contributed by atoms with Crippen molar-refractivity contribution in [2.24, 2.45) is 0 Å². The first-order valence-corrected chi connectivity index (χ1v) is 5.65. The SMILES string of the molecule is CCOC(=O)C(F)(F)C(F)(F)c1cc(C)ccc1C. The van der Waals surface area contributed by atoms with Crippen LogP contribution in [0.1, 0.15) is 23.6 Å². The highest BCUT2D eigenvalue weighted by molar-refractivity contribution is 5.79. The molecule has 0 aliphatic heterocycles. The van der Waals surface area contributed by atoms with E-state index in [1.807, 2.05) is 0 Å². The number of halogens is 4. The van der Waals surface area contributed by atoms with Gasteiger partial charge in [0.25, 0.3) is 0 Å². The zero-order valence-electron chi connectivity index (χ0n) is 10.8. The standard InChI is InChI=1S/C13H14F4O2/c1-4-19-11(18)13(16,17)12(14,15)10-7-8(2)5-6-9(10)3/h5-7H,4H2,1-3H3. The molecule has 0 aliphatic carbocycles. The summed E-state index contributed by atoms with van der Waals surface area (Å²) in [7, 11) is 0. The number of alkyl halides is 4. The Kier molecular flexibility index (Phi) is 4.22. The van der Waals surface area contributed by atoms with E-state index in [-0.39, 0.29) is 5.56 Å². The molecule has 0 amide bonds. The summed E-state index contributed by atoms with van der Waals surface area (Å²) in [6.45, 7) is 3.66. The fourth-order valence-corrected chi connectivity index (χ4v) is 1.59. The van der Waals surface area contributed by atoms with Crippen LogP contribution in [-0.2, 0) is 15.5 Å². The maximum absolute atomic E-state index is 13.9. The monoisotopic (exact) mass is 278 g/mol. The minimum atomic E-state index is -4.90. The van der Waals surface area contributed by atoms with Crippen LogP contribution in [0.5, 0.6) is 0 Å². The van der Waals surface area contributed by atoms with E-state index in [2.05, 4.69) is 4.74 Å². The molecule has 106 valence electrons. The molecule has 1 rings (SSSR count). The zero-order chi connectivity index (χ0) is 14.8. The molecule has 2 nitrogen and oxygen atoms in total. The summed E-state index contributed by atoms with van der Waals surface area (Å²) in [5.41, 5.74) is -0.481. The second-order valence-corrected chi connectivity index (χ2v) is 4.19. The predicted molar refractivity (Wildman–Crippen MR) is 61.4 cm³/mol. The van der Waals surface area contributed by atoms with Crippen molar-refractivity contribution in [2.45, 2.75) is 32.6 Å². The van der Waals surface area contributed by atoms with Crippen molar-refractivity contribution in [2.75, 3.05) is 6.61 Å². The van der Waals surface area contributed by atoms with Crippen LogP contribution in [0.4, 0.5) is 17.6 Å². The van der Waals surface area contributed by atoms with Gasteiger partial charge in [-0.2, -0.15) is 17.6 Å². The lowest BCUT2D eigenvalue weighted by Gasteiger charge is -2.26. The van der Waals surface area contributed by atoms with Crippen LogP contribution in [0.25, 0.3) is 0 Å². The fraction of sp³-hybridized carbons (Fsp3) is 0.462. The molecule has 6 heteroatoms. The molecule has 0 saturated carbocycles. The van der Waals surface area contributed by atoms with Gasteiger partial charge in [-0.05, 0) is 32.4 Å². The van der Waals surface area contributed by atoms with Crippen LogP contribution >= 0.6 is 0 Å². The molecular weight excluding hydrogens is 264 g/mol. The maximum Gasteiger partial charge on any atom is 0.408 e. The zero-order valence-corrected chi connectivity index (χ0v) is 10.8. The number of carbonyl (C=O) groups is 1. The number of hydrogen-bond acceptors (Lipinski definition) is 2. The van der Waals surface area contributed by atoms with Crippen molar-refractivity contribution in [1.82, 2.24) is 0 Å². The van der Waals surface area contributed by atoms with E-state index in [0.717, 1.165) is 6.07 Å². The second kappa shape index (κ2) is 5.19. The summed E-state index contributed by atoms with van der Waals surface area (Å²) in [5.74, 6) is -11.7. The Morgan fingerprint density at radius 3 is 2.32 bits per heavy atom. The summed E-state index contributed by atoms with van der Waals surface area (Å²) >= 11 is 0. The smallest absolute Gasteiger partial charge is 0.408 e. The first-order chi connectivity index (χ1) is 8.64. The van der Waals surface area contributed by atoms with E-state index in [1.165, 1.54) is 32.9 Å². The Bertz CT molecular complexity index is 484. The van der Waals surface area contributed by atoms with E-state index in [1.54, 1.807) is 0 Å². The summed E-state index contributed by atoms with van der Waals surface area (Å²) in [6, 6.07) is 3.78. The Morgan fingerprint density at radius 2 is 1.79 bits per heavy atom. The van der Waals surface area contributed by atoms with Crippen molar-refractivity contribution in [1.29, 1.82) is 0 Å². The van der Waals surface area contributed by atoms with Crippen LogP contribution in [0.15, 0.2) is 18.2 Å². The lowest BCUT2D eigenvalue weighted by atomic mass is 9.96. The van der Waals surface area contributed by atoms with E-state index in [4.69, 9.17) is 0 Å². The Hall–Kier alpha value is -1.59. The minimum Gasteiger partial charge on any atom is -0.461 e. The van der Waals surface area contributed by atoms with Crippen molar-refractivity contribution in [3.8, 4) is 0 Å². The minimum absolute atomic E-state index is 0.0143. The summed E-state index contributed by atoms with van der Waals surface area (Å²) in [5, 5.41) is 0. The molecule has 0 fully saturated rings. The predicted octanol–water partition coefficient (Wildman–Crippen LogP) is 3.59. The van der Waals surface area contributed by atoms with E-state index in [9.17, 15) is 22.4 Å². The molecule has 19 heavy (non-hydrogen) atoms.